The third kappa shape index (κ3) is 3.16. The fourth-order valence-electron chi connectivity index (χ4n) is 3.09. The number of nitro groups is 1. The van der Waals surface area contributed by atoms with Crippen molar-refractivity contribution in [3.8, 4) is 17.2 Å². The lowest BCUT2D eigenvalue weighted by Gasteiger charge is -2.15. The van der Waals surface area contributed by atoms with E-state index in [2.05, 4.69) is 0 Å². The number of benzene rings is 3. The Balaban J connectivity index is 1.65. The summed E-state index contributed by atoms with van der Waals surface area (Å²) < 4.78 is 5.65. The van der Waals surface area contributed by atoms with Crippen molar-refractivity contribution in [2.75, 3.05) is 4.90 Å². The maximum absolute atomic E-state index is 12.9. The van der Waals surface area contributed by atoms with Gasteiger partial charge >= 0.3 is 0 Å². The summed E-state index contributed by atoms with van der Waals surface area (Å²) in [7, 11) is 0. The number of aryl methyl sites for hydroxylation is 1. The average Bonchev–Trinajstić information content (AvgIpc) is 2.94. The molecular formula is C21H14N2O6. The van der Waals surface area contributed by atoms with Crippen LogP contribution < -0.4 is 9.64 Å². The molecule has 1 aliphatic rings. The summed E-state index contributed by atoms with van der Waals surface area (Å²) in [5.41, 5.74) is 1.19. The van der Waals surface area contributed by atoms with Gasteiger partial charge in [-0.2, -0.15) is 0 Å². The Morgan fingerprint density at radius 3 is 2.24 bits per heavy atom. The molecule has 0 spiro atoms. The minimum absolute atomic E-state index is 0.0688. The van der Waals surface area contributed by atoms with Gasteiger partial charge < -0.3 is 9.84 Å². The highest BCUT2D eigenvalue weighted by Gasteiger charge is 2.38. The quantitative estimate of drug-likeness (QED) is 0.406. The fourth-order valence-corrected chi connectivity index (χ4v) is 3.09. The van der Waals surface area contributed by atoms with E-state index in [-0.39, 0.29) is 28.3 Å². The summed E-state index contributed by atoms with van der Waals surface area (Å²) >= 11 is 0. The monoisotopic (exact) mass is 390 g/mol. The zero-order chi connectivity index (χ0) is 20.7. The Morgan fingerprint density at radius 1 is 0.897 bits per heavy atom. The summed E-state index contributed by atoms with van der Waals surface area (Å²) in [6, 6.07) is 14.6. The lowest BCUT2D eigenvalue weighted by Crippen LogP contribution is -2.29. The van der Waals surface area contributed by atoms with Gasteiger partial charge in [-0.1, -0.05) is 6.07 Å². The van der Waals surface area contributed by atoms with Crippen molar-refractivity contribution in [3.05, 3.63) is 87.5 Å². The molecule has 0 saturated heterocycles. The molecule has 1 N–H and O–H groups in total. The van der Waals surface area contributed by atoms with E-state index in [0.717, 1.165) is 10.5 Å². The summed E-state index contributed by atoms with van der Waals surface area (Å²) in [5, 5.41) is 20.8. The van der Waals surface area contributed by atoms with Crippen molar-refractivity contribution in [1.82, 2.24) is 0 Å². The molecule has 0 saturated carbocycles. The number of anilines is 1. The van der Waals surface area contributed by atoms with Crippen LogP contribution >= 0.6 is 0 Å². The topological polar surface area (TPSA) is 110 Å². The zero-order valence-corrected chi connectivity index (χ0v) is 15.2. The SMILES string of the molecule is Cc1ccc(O)c(N2C(=O)c3ccc(Oc4ccc([N+](=O)[O-])cc4)cc3C2=O)c1. The molecule has 2 amide bonds. The third-order valence-electron chi connectivity index (χ3n) is 4.51. The summed E-state index contributed by atoms with van der Waals surface area (Å²) in [6.07, 6.45) is 0. The lowest BCUT2D eigenvalue weighted by molar-refractivity contribution is -0.384. The van der Waals surface area contributed by atoms with E-state index in [9.17, 15) is 24.8 Å². The standard InChI is InChI=1S/C21H14N2O6/c1-12-2-9-19(24)18(10-12)22-20(25)16-8-7-15(11-17(16)21(22)26)29-14-5-3-13(4-6-14)23(27)28/h2-11,24H,1H3. The molecule has 0 fully saturated rings. The Morgan fingerprint density at radius 2 is 1.55 bits per heavy atom. The molecule has 0 aliphatic carbocycles. The van der Waals surface area contributed by atoms with Crippen LogP contribution in [0.5, 0.6) is 17.2 Å². The summed E-state index contributed by atoms with van der Waals surface area (Å²) in [5.74, 6) is -0.630. The molecule has 29 heavy (non-hydrogen) atoms. The molecule has 3 aromatic rings. The van der Waals surface area contributed by atoms with E-state index < -0.39 is 16.7 Å². The van der Waals surface area contributed by atoms with Gasteiger partial charge in [-0.3, -0.25) is 19.7 Å². The van der Waals surface area contributed by atoms with Crippen LogP contribution in [0.1, 0.15) is 26.3 Å². The second-order valence-electron chi connectivity index (χ2n) is 6.50. The second kappa shape index (κ2) is 6.75. The Bertz CT molecular complexity index is 1170. The first kappa shape index (κ1) is 18.2. The largest absolute Gasteiger partial charge is 0.506 e. The number of hydrogen-bond acceptors (Lipinski definition) is 6. The molecule has 8 nitrogen and oxygen atoms in total. The van der Waals surface area contributed by atoms with Crippen LogP contribution in [0.25, 0.3) is 0 Å². The first-order valence-electron chi connectivity index (χ1n) is 8.60. The number of ether oxygens (including phenoxy) is 1. The minimum atomic E-state index is -0.569. The van der Waals surface area contributed by atoms with Gasteiger partial charge in [-0.15, -0.1) is 0 Å². The number of carbonyl (C=O) groups is 2. The molecule has 0 unspecified atom stereocenters. The van der Waals surface area contributed by atoms with Crippen molar-refractivity contribution >= 4 is 23.2 Å². The van der Waals surface area contributed by atoms with Crippen LogP contribution in [-0.4, -0.2) is 21.8 Å². The van der Waals surface area contributed by atoms with E-state index in [4.69, 9.17) is 4.74 Å². The van der Waals surface area contributed by atoms with Gasteiger partial charge in [-0.05, 0) is 55.0 Å². The van der Waals surface area contributed by atoms with Gasteiger partial charge in [0.15, 0.2) is 0 Å². The smallest absolute Gasteiger partial charge is 0.269 e. The Kier molecular flexibility index (Phi) is 4.23. The molecule has 0 radical (unpaired) electrons. The maximum atomic E-state index is 12.9. The second-order valence-corrected chi connectivity index (χ2v) is 6.50. The fraction of sp³-hybridized carbons (Fsp3) is 0.0476. The number of nitro benzene ring substituents is 1. The molecule has 8 heteroatoms. The first-order valence-corrected chi connectivity index (χ1v) is 8.60. The zero-order valence-electron chi connectivity index (χ0n) is 15.2. The van der Waals surface area contributed by atoms with Crippen LogP contribution in [0.3, 0.4) is 0 Å². The number of fused-ring (bicyclic) bond motifs is 1. The number of carbonyl (C=O) groups excluding carboxylic acids is 2. The van der Waals surface area contributed by atoms with Crippen molar-refractivity contribution in [2.45, 2.75) is 6.92 Å². The molecule has 4 rings (SSSR count). The number of imide groups is 1. The molecule has 144 valence electrons. The van der Waals surface area contributed by atoms with Gasteiger partial charge in [0.1, 0.15) is 17.2 Å². The highest BCUT2D eigenvalue weighted by molar-refractivity contribution is 6.35. The Hall–Kier alpha value is -4.20. The van der Waals surface area contributed by atoms with Crippen LogP contribution in [0.2, 0.25) is 0 Å². The van der Waals surface area contributed by atoms with Crippen molar-refractivity contribution in [1.29, 1.82) is 0 Å². The molecule has 0 atom stereocenters. The maximum Gasteiger partial charge on any atom is 0.269 e. The number of aromatic hydroxyl groups is 1. The van der Waals surface area contributed by atoms with E-state index in [1.54, 1.807) is 19.1 Å². The van der Waals surface area contributed by atoms with Crippen LogP contribution in [0.15, 0.2) is 60.7 Å². The minimum Gasteiger partial charge on any atom is -0.506 e. The Labute approximate surface area is 164 Å². The average molecular weight is 390 g/mol. The molecule has 3 aromatic carbocycles. The number of nitrogens with zero attached hydrogens (tertiary/aromatic N) is 2. The summed E-state index contributed by atoms with van der Waals surface area (Å²) in [6.45, 7) is 1.79. The van der Waals surface area contributed by atoms with Gasteiger partial charge in [0.25, 0.3) is 17.5 Å². The number of hydrogen-bond donors (Lipinski definition) is 1. The molecule has 1 aliphatic heterocycles. The molecule has 0 aromatic heterocycles. The molecule has 0 bridgehead atoms. The lowest BCUT2D eigenvalue weighted by atomic mass is 10.1. The third-order valence-corrected chi connectivity index (χ3v) is 4.51. The van der Waals surface area contributed by atoms with E-state index in [1.165, 1.54) is 48.5 Å². The van der Waals surface area contributed by atoms with Crippen LogP contribution in [0, 0.1) is 17.0 Å². The van der Waals surface area contributed by atoms with E-state index in [0.29, 0.717) is 11.5 Å². The number of non-ortho nitro benzene ring substituents is 1. The number of rotatable bonds is 4. The molecule has 1 heterocycles. The highest BCUT2D eigenvalue weighted by atomic mass is 16.6. The predicted molar refractivity (Wildman–Crippen MR) is 104 cm³/mol. The normalized spacial score (nSPS) is 12.8. The number of phenols is 1. The predicted octanol–water partition coefficient (Wildman–Crippen LogP) is 4.20. The van der Waals surface area contributed by atoms with Crippen molar-refractivity contribution in [2.24, 2.45) is 0 Å². The van der Waals surface area contributed by atoms with Crippen molar-refractivity contribution in [3.63, 3.8) is 0 Å². The van der Waals surface area contributed by atoms with Gasteiger partial charge in [0, 0.05) is 12.1 Å². The van der Waals surface area contributed by atoms with E-state index in [1.807, 2.05) is 0 Å². The van der Waals surface area contributed by atoms with Gasteiger partial charge in [0.05, 0.1) is 21.7 Å². The van der Waals surface area contributed by atoms with Gasteiger partial charge in [0.2, 0.25) is 0 Å². The summed E-state index contributed by atoms with van der Waals surface area (Å²) in [4.78, 5) is 36.7. The highest BCUT2D eigenvalue weighted by Crippen LogP contribution is 2.36. The van der Waals surface area contributed by atoms with Crippen molar-refractivity contribution < 1.29 is 24.4 Å². The van der Waals surface area contributed by atoms with Gasteiger partial charge in [-0.25, -0.2) is 4.90 Å². The van der Waals surface area contributed by atoms with Crippen LogP contribution in [0.4, 0.5) is 11.4 Å². The van der Waals surface area contributed by atoms with E-state index >= 15 is 0 Å². The molecular weight excluding hydrogens is 376 g/mol. The first-order chi connectivity index (χ1) is 13.8. The number of phenolic OH excluding ortho intramolecular Hbond substituents is 1. The number of amides is 2. The van der Waals surface area contributed by atoms with Crippen LogP contribution in [-0.2, 0) is 0 Å².